The largest absolute Gasteiger partial charge is 0.493 e. The molecular weight excluding hydrogens is 296 g/mol. The van der Waals surface area contributed by atoms with E-state index in [-0.39, 0.29) is 0 Å². The Morgan fingerprint density at radius 2 is 1.91 bits per heavy atom. The van der Waals surface area contributed by atoms with Gasteiger partial charge < -0.3 is 19.5 Å². The molecule has 6 heteroatoms. The van der Waals surface area contributed by atoms with E-state index in [2.05, 4.69) is 10.3 Å². The first-order chi connectivity index (χ1) is 11.2. The molecule has 1 heterocycles. The lowest BCUT2D eigenvalue weighted by Gasteiger charge is -2.11. The van der Waals surface area contributed by atoms with Gasteiger partial charge >= 0.3 is 5.97 Å². The number of carbonyl (C=O) groups is 1. The summed E-state index contributed by atoms with van der Waals surface area (Å²) in [5.74, 6) is 0.957. The fourth-order valence-electron chi connectivity index (χ4n) is 2.02. The van der Waals surface area contributed by atoms with Crippen molar-refractivity contribution in [2.24, 2.45) is 0 Å². The first-order valence-corrected chi connectivity index (χ1v) is 7.26. The van der Waals surface area contributed by atoms with Gasteiger partial charge in [-0.3, -0.25) is 0 Å². The molecule has 0 spiro atoms. The maximum atomic E-state index is 11.5. The van der Waals surface area contributed by atoms with Crippen LogP contribution < -0.4 is 14.8 Å². The molecule has 0 bridgehead atoms. The van der Waals surface area contributed by atoms with E-state index in [1.165, 1.54) is 0 Å². The van der Waals surface area contributed by atoms with Crippen LogP contribution in [0.5, 0.6) is 11.5 Å². The van der Waals surface area contributed by atoms with Gasteiger partial charge in [-0.15, -0.1) is 0 Å². The van der Waals surface area contributed by atoms with Crippen molar-refractivity contribution in [3.63, 3.8) is 0 Å². The van der Waals surface area contributed by atoms with Crippen LogP contribution in [0.2, 0.25) is 0 Å². The van der Waals surface area contributed by atoms with Crippen LogP contribution in [0.3, 0.4) is 0 Å². The van der Waals surface area contributed by atoms with Crippen LogP contribution in [0.1, 0.15) is 23.0 Å². The summed E-state index contributed by atoms with van der Waals surface area (Å²) in [5.41, 5.74) is 2.15. The fraction of sp³-hybridized carbons (Fsp3) is 0.294. The molecule has 1 aromatic heterocycles. The van der Waals surface area contributed by atoms with Crippen molar-refractivity contribution in [1.82, 2.24) is 4.98 Å². The van der Waals surface area contributed by atoms with Crippen molar-refractivity contribution >= 4 is 11.7 Å². The summed E-state index contributed by atoms with van der Waals surface area (Å²) >= 11 is 0. The normalized spacial score (nSPS) is 10.0. The van der Waals surface area contributed by atoms with Gasteiger partial charge in [-0.1, -0.05) is 6.07 Å². The Morgan fingerprint density at radius 1 is 1.13 bits per heavy atom. The number of methoxy groups -OCH3 is 2. The van der Waals surface area contributed by atoms with Crippen molar-refractivity contribution in [1.29, 1.82) is 0 Å². The molecule has 0 radical (unpaired) electrons. The van der Waals surface area contributed by atoms with Gasteiger partial charge in [0, 0.05) is 6.54 Å². The summed E-state index contributed by atoms with van der Waals surface area (Å²) in [4.78, 5) is 15.6. The third kappa shape index (κ3) is 4.35. The molecule has 122 valence electrons. The van der Waals surface area contributed by atoms with Crippen LogP contribution in [0, 0.1) is 0 Å². The van der Waals surface area contributed by atoms with Gasteiger partial charge in [0.2, 0.25) is 0 Å². The number of nitrogens with zero attached hydrogens (tertiary/aromatic N) is 1. The highest BCUT2D eigenvalue weighted by Gasteiger charge is 2.08. The van der Waals surface area contributed by atoms with Crippen molar-refractivity contribution in [3.8, 4) is 11.5 Å². The highest BCUT2D eigenvalue weighted by atomic mass is 16.5. The number of rotatable bonds is 7. The number of nitrogens with one attached hydrogen (secondary N) is 1. The van der Waals surface area contributed by atoms with Crippen molar-refractivity contribution < 1.29 is 19.0 Å². The zero-order valence-corrected chi connectivity index (χ0v) is 13.5. The maximum Gasteiger partial charge on any atom is 0.356 e. The van der Waals surface area contributed by atoms with Crippen molar-refractivity contribution in [2.75, 3.05) is 26.1 Å². The molecule has 0 aliphatic heterocycles. The number of hydrogen-bond acceptors (Lipinski definition) is 6. The smallest absolute Gasteiger partial charge is 0.356 e. The van der Waals surface area contributed by atoms with E-state index in [0.29, 0.717) is 30.3 Å². The van der Waals surface area contributed by atoms with Crippen LogP contribution in [-0.4, -0.2) is 31.8 Å². The predicted molar refractivity (Wildman–Crippen MR) is 87.1 cm³/mol. The van der Waals surface area contributed by atoms with Gasteiger partial charge in [-0.25, -0.2) is 9.78 Å². The molecule has 0 saturated carbocycles. The zero-order valence-electron chi connectivity index (χ0n) is 13.5. The number of esters is 1. The van der Waals surface area contributed by atoms with E-state index in [4.69, 9.17) is 14.2 Å². The molecule has 0 fully saturated rings. The minimum atomic E-state index is -0.418. The van der Waals surface area contributed by atoms with E-state index >= 15 is 0 Å². The van der Waals surface area contributed by atoms with Gasteiger partial charge in [0.15, 0.2) is 11.5 Å². The summed E-state index contributed by atoms with van der Waals surface area (Å²) in [6, 6.07) is 9.15. The average molecular weight is 316 g/mol. The number of carbonyl (C=O) groups excluding carboxylic acids is 1. The van der Waals surface area contributed by atoms with E-state index in [9.17, 15) is 4.79 Å². The highest BCUT2D eigenvalue weighted by molar-refractivity contribution is 5.87. The van der Waals surface area contributed by atoms with E-state index in [1.54, 1.807) is 39.5 Å². The average Bonchev–Trinajstić information content (AvgIpc) is 2.60. The lowest BCUT2D eigenvalue weighted by Crippen LogP contribution is -2.07. The summed E-state index contributed by atoms with van der Waals surface area (Å²) in [6.45, 7) is 2.69. The number of aromatic nitrogens is 1. The fourth-order valence-corrected chi connectivity index (χ4v) is 2.02. The van der Waals surface area contributed by atoms with Gasteiger partial charge in [-0.05, 0) is 36.8 Å². The Balaban J connectivity index is 1.99. The summed E-state index contributed by atoms with van der Waals surface area (Å²) in [5, 5.41) is 3.24. The van der Waals surface area contributed by atoms with Crippen LogP contribution in [0.15, 0.2) is 36.5 Å². The Bertz CT molecular complexity index is 656. The number of benzene rings is 1. The first-order valence-electron chi connectivity index (χ1n) is 7.26. The Morgan fingerprint density at radius 3 is 2.52 bits per heavy atom. The number of anilines is 1. The molecule has 0 aliphatic carbocycles. The van der Waals surface area contributed by atoms with Crippen LogP contribution in [-0.2, 0) is 11.3 Å². The molecule has 0 saturated heterocycles. The van der Waals surface area contributed by atoms with Crippen LogP contribution in [0.4, 0.5) is 5.69 Å². The molecule has 6 nitrogen and oxygen atoms in total. The van der Waals surface area contributed by atoms with E-state index in [1.807, 2.05) is 18.2 Å². The van der Waals surface area contributed by atoms with Gasteiger partial charge in [0.25, 0.3) is 0 Å². The minimum Gasteiger partial charge on any atom is -0.493 e. The second kappa shape index (κ2) is 8.03. The van der Waals surface area contributed by atoms with E-state index < -0.39 is 5.97 Å². The molecular formula is C17H20N2O4. The Hall–Kier alpha value is -2.76. The predicted octanol–water partition coefficient (Wildman–Crippen LogP) is 2.89. The van der Waals surface area contributed by atoms with Gasteiger partial charge in [0.1, 0.15) is 5.69 Å². The Labute approximate surface area is 135 Å². The molecule has 0 unspecified atom stereocenters. The topological polar surface area (TPSA) is 69.7 Å². The quantitative estimate of drug-likeness (QED) is 0.792. The van der Waals surface area contributed by atoms with Crippen molar-refractivity contribution in [3.05, 3.63) is 47.8 Å². The Kier molecular flexibility index (Phi) is 5.80. The number of ether oxygens (including phenoxy) is 3. The molecule has 0 amide bonds. The molecule has 23 heavy (non-hydrogen) atoms. The molecule has 0 aliphatic rings. The zero-order chi connectivity index (χ0) is 16.7. The second-order valence-electron chi connectivity index (χ2n) is 4.70. The maximum absolute atomic E-state index is 11.5. The number of pyridine rings is 1. The third-order valence-electron chi connectivity index (χ3n) is 3.19. The van der Waals surface area contributed by atoms with E-state index in [0.717, 1.165) is 11.3 Å². The molecule has 2 rings (SSSR count). The van der Waals surface area contributed by atoms with Gasteiger partial charge in [0.05, 0.1) is 32.7 Å². The first kappa shape index (κ1) is 16.6. The second-order valence-corrected chi connectivity index (χ2v) is 4.70. The standard InChI is InChI=1S/C17H20N2O4/c1-4-23-17(20)14-7-6-13(11-19-14)18-10-12-5-8-15(21-2)16(9-12)22-3/h5-9,11,18H,4,10H2,1-3H3. The third-order valence-corrected chi connectivity index (χ3v) is 3.19. The minimum absolute atomic E-state index is 0.295. The molecule has 2 aromatic rings. The summed E-state index contributed by atoms with van der Waals surface area (Å²) in [7, 11) is 3.21. The lowest BCUT2D eigenvalue weighted by atomic mass is 10.2. The molecule has 1 aromatic carbocycles. The molecule has 0 atom stereocenters. The van der Waals surface area contributed by atoms with Crippen molar-refractivity contribution in [2.45, 2.75) is 13.5 Å². The lowest BCUT2D eigenvalue weighted by molar-refractivity contribution is 0.0519. The summed E-state index contributed by atoms with van der Waals surface area (Å²) < 4.78 is 15.4. The summed E-state index contributed by atoms with van der Waals surface area (Å²) in [6.07, 6.45) is 1.60. The molecule has 1 N–H and O–H groups in total. The van der Waals surface area contributed by atoms with Crippen LogP contribution >= 0.6 is 0 Å². The highest BCUT2D eigenvalue weighted by Crippen LogP contribution is 2.27. The SMILES string of the molecule is CCOC(=O)c1ccc(NCc2ccc(OC)c(OC)c2)cn1. The van der Waals surface area contributed by atoms with Gasteiger partial charge in [-0.2, -0.15) is 0 Å². The van der Waals surface area contributed by atoms with Crippen LogP contribution in [0.25, 0.3) is 0 Å². The monoisotopic (exact) mass is 316 g/mol. The number of hydrogen-bond donors (Lipinski definition) is 1.